The van der Waals surface area contributed by atoms with Gasteiger partial charge in [-0.25, -0.2) is 0 Å². The number of amides is 1. The molecule has 0 saturated heterocycles. The summed E-state index contributed by atoms with van der Waals surface area (Å²) in [5, 5.41) is 2.61. The Bertz CT molecular complexity index is 167. The average Bonchev–Trinajstić information content (AvgIpc) is 2.30. The maximum absolute atomic E-state index is 11.0. The summed E-state index contributed by atoms with van der Waals surface area (Å²) in [5.74, 6) is -0.134. The smallest absolute Gasteiger partial charge is 0.246 e. The third-order valence-electron chi connectivity index (χ3n) is 1.71. The lowest BCUT2D eigenvalue weighted by Crippen LogP contribution is -2.32. The van der Waals surface area contributed by atoms with Crippen LogP contribution in [-0.4, -0.2) is 59.1 Å². The number of methoxy groups -OCH3 is 1. The van der Waals surface area contributed by atoms with E-state index in [9.17, 15) is 4.79 Å². The molecule has 0 spiro atoms. The van der Waals surface area contributed by atoms with Gasteiger partial charge in [0, 0.05) is 33.4 Å². The molecule has 0 aliphatic carbocycles. The minimum atomic E-state index is -0.134. The molecule has 0 radical (unpaired) electrons. The molecule has 0 aliphatic rings. The highest BCUT2D eigenvalue weighted by atomic mass is 16.5. The first-order valence-corrected chi connectivity index (χ1v) is 5.42. The quantitative estimate of drug-likeness (QED) is 0.454. The molecule has 16 heavy (non-hydrogen) atoms. The van der Waals surface area contributed by atoms with E-state index in [0.29, 0.717) is 39.5 Å². The first-order valence-electron chi connectivity index (χ1n) is 5.42. The molecule has 0 aromatic rings. The number of nitrogens with one attached hydrogen (secondary N) is 1. The second-order valence-corrected chi connectivity index (χ2v) is 3.15. The van der Waals surface area contributed by atoms with Gasteiger partial charge >= 0.3 is 0 Å². The largest absolute Gasteiger partial charge is 0.382 e. The normalized spacial score (nSPS) is 10.4. The molecule has 0 aromatic carbocycles. The van der Waals surface area contributed by atoms with E-state index in [1.54, 1.807) is 7.11 Å². The number of nitrogens with two attached hydrogens (primary N) is 1. The van der Waals surface area contributed by atoms with E-state index in [0.717, 1.165) is 6.42 Å². The van der Waals surface area contributed by atoms with Gasteiger partial charge in [0.15, 0.2) is 0 Å². The lowest BCUT2D eigenvalue weighted by Gasteiger charge is -2.05. The van der Waals surface area contributed by atoms with Crippen molar-refractivity contribution in [1.29, 1.82) is 0 Å². The molecular formula is C10H22N2O4. The summed E-state index contributed by atoms with van der Waals surface area (Å²) < 4.78 is 15.2. The Morgan fingerprint density at radius 3 is 2.62 bits per heavy atom. The molecule has 6 nitrogen and oxygen atoms in total. The molecule has 1 amide bonds. The van der Waals surface area contributed by atoms with Gasteiger partial charge < -0.3 is 25.3 Å². The Morgan fingerprint density at radius 1 is 1.19 bits per heavy atom. The third kappa shape index (κ3) is 11.4. The van der Waals surface area contributed by atoms with Gasteiger partial charge in [-0.05, 0) is 6.42 Å². The Hall–Kier alpha value is -0.690. The number of ether oxygens (including phenoxy) is 3. The molecule has 0 bridgehead atoms. The maximum atomic E-state index is 11.0. The van der Waals surface area contributed by atoms with E-state index in [-0.39, 0.29) is 12.5 Å². The second kappa shape index (κ2) is 12.4. The van der Waals surface area contributed by atoms with E-state index in [1.807, 2.05) is 0 Å². The highest BCUT2D eigenvalue weighted by molar-refractivity contribution is 5.77. The molecule has 0 heterocycles. The summed E-state index contributed by atoms with van der Waals surface area (Å²) in [7, 11) is 1.63. The Morgan fingerprint density at radius 2 is 1.94 bits per heavy atom. The molecular weight excluding hydrogens is 212 g/mol. The van der Waals surface area contributed by atoms with Crippen molar-refractivity contribution >= 4 is 5.91 Å². The summed E-state index contributed by atoms with van der Waals surface area (Å²) in [6.45, 7) is 3.34. The number of carbonyl (C=O) groups excluding carboxylic acids is 1. The zero-order valence-electron chi connectivity index (χ0n) is 9.87. The van der Waals surface area contributed by atoms with Crippen LogP contribution in [0.15, 0.2) is 0 Å². The van der Waals surface area contributed by atoms with Crippen LogP contribution in [0, 0.1) is 0 Å². The van der Waals surface area contributed by atoms with Crippen LogP contribution < -0.4 is 11.1 Å². The highest BCUT2D eigenvalue weighted by Gasteiger charge is 1.99. The molecule has 0 aliphatic heterocycles. The fraction of sp³-hybridized carbons (Fsp3) is 0.900. The summed E-state index contributed by atoms with van der Waals surface area (Å²) in [6.07, 6.45) is 0.772. The van der Waals surface area contributed by atoms with E-state index in [4.69, 9.17) is 19.9 Å². The highest BCUT2D eigenvalue weighted by Crippen LogP contribution is 1.85. The van der Waals surface area contributed by atoms with Crippen molar-refractivity contribution in [2.24, 2.45) is 5.73 Å². The van der Waals surface area contributed by atoms with Gasteiger partial charge in [0.1, 0.15) is 6.61 Å². The van der Waals surface area contributed by atoms with E-state index < -0.39 is 0 Å². The molecule has 0 saturated carbocycles. The molecule has 0 aromatic heterocycles. The maximum Gasteiger partial charge on any atom is 0.246 e. The minimum Gasteiger partial charge on any atom is -0.382 e. The van der Waals surface area contributed by atoms with Gasteiger partial charge in [0.05, 0.1) is 13.2 Å². The van der Waals surface area contributed by atoms with Crippen molar-refractivity contribution in [1.82, 2.24) is 5.32 Å². The van der Waals surface area contributed by atoms with Crippen LogP contribution >= 0.6 is 0 Å². The van der Waals surface area contributed by atoms with Crippen molar-refractivity contribution < 1.29 is 19.0 Å². The second-order valence-electron chi connectivity index (χ2n) is 3.15. The lowest BCUT2D eigenvalue weighted by molar-refractivity contribution is -0.125. The summed E-state index contributed by atoms with van der Waals surface area (Å²) in [4.78, 5) is 11.0. The summed E-state index contributed by atoms with van der Waals surface area (Å²) in [5.41, 5.74) is 5.23. The van der Waals surface area contributed by atoms with Crippen molar-refractivity contribution in [2.45, 2.75) is 6.42 Å². The molecule has 6 heteroatoms. The van der Waals surface area contributed by atoms with E-state index in [1.165, 1.54) is 0 Å². The number of carbonyl (C=O) groups is 1. The summed E-state index contributed by atoms with van der Waals surface area (Å²) >= 11 is 0. The molecule has 0 atom stereocenters. The Kier molecular flexibility index (Phi) is 11.8. The zero-order valence-corrected chi connectivity index (χ0v) is 9.87. The first kappa shape index (κ1) is 15.3. The van der Waals surface area contributed by atoms with Gasteiger partial charge in [0.25, 0.3) is 0 Å². The molecule has 0 rings (SSSR count). The molecule has 0 fully saturated rings. The zero-order chi connectivity index (χ0) is 12.1. The Balaban J connectivity index is 3.05. The van der Waals surface area contributed by atoms with Crippen LogP contribution in [0.2, 0.25) is 0 Å². The molecule has 0 unspecified atom stereocenters. The van der Waals surface area contributed by atoms with Crippen LogP contribution in [0.1, 0.15) is 6.42 Å². The number of hydrogen-bond acceptors (Lipinski definition) is 5. The fourth-order valence-corrected chi connectivity index (χ4v) is 0.935. The van der Waals surface area contributed by atoms with E-state index in [2.05, 4.69) is 5.32 Å². The van der Waals surface area contributed by atoms with Gasteiger partial charge in [-0.2, -0.15) is 0 Å². The minimum absolute atomic E-state index is 0.0814. The first-order chi connectivity index (χ1) is 7.81. The van der Waals surface area contributed by atoms with Crippen LogP contribution in [0.5, 0.6) is 0 Å². The predicted molar refractivity (Wildman–Crippen MR) is 60.2 cm³/mol. The Labute approximate surface area is 96.4 Å². The van der Waals surface area contributed by atoms with Crippen molar-refractivity contribution in [3.05, 3.63) is 0 Å². The van der Waals surface area contributed by atoms with Crippen LogP contribution in [0.3, 0.4) is 0 Å². The average molecular weight is 234 g/mol. The molecule has 3 N–H and O–H groups in total. The topological polar surface area (TPSA) is 82.8 Å². The van der Waals surface area contributed by atoms with Gasteiger partial charge in [-0.3, -0.25) is 4.79 Å². The van der Waals surface area contributed by atoms with Gasteiger partial charge in [-0.15, -0.1) is 0 Å². The fourth-order valence-electron chi connectivity index (χ4n) is 0.935. The molecule has 96 valence electrons. The van der Waals surface area contributed by atoms with Crippen molar-refractivity contribution in [3.63, 3.8) is 0 Å². The van der Waals surface area contributed by atoms with Gasteiger partial charge in [-0.1, -0.05) is 0 Å². The van der Waals surface area contributed by atoms with Gasteiger partial charge in [0.2, 0.25) is 5.91 Å². The number of hydrogen-bond donors (Lipinski definition) is 2. The predicted octanol–water partition coefficient (Wildman–Crippen LogP) is -0.869. The van der Waals surface area contributed by atoms with Crippen molar-refractivity contribution in [3.8, 4) is 0 Å². The SMILES string of the molecule is COCCOCCCOCC(=O)NCCN. The van der Waals surface area contributed by atoms with Crippen LogP contribution in [0.4, 0.5) is 0 Å². The lowest BCUT2D eigenvalue weighted by atomic mass is 10.5. The van der Waals surface area contributed by atoms with E-state index >= 15 is 0 Å². The monoisotopic (exact) mass is 234 g/mol. The third-order valence-corrected chi connectivity index (χ3v) is 1.71. The standard InChI is InChI=1S/C10H22N2O4/c1-14-7-8-15-5-2-6-16-9-10(13)12-4-3-11/h2-9,11H2,1H3,(H,12,13). The van der Waals surface area contributed by atoms with Crippen LogP contribution in [-0.2, 0) is 19.0 Å². The number of rotatable bonds is 11. The van der Waals surface area contributed by atoms with Crippen LogP contribution in [0.25, 0.3) is 0 Å². The summed E-state index contributed by atoms with van der Waals surface area (Å²) in [6, 6.07) is 0. The van der Waals surface area contributed by atoms with Crippen molar-refractivity contribution in [2.75, 3.05) is 53.2 Å².